The van der Waals surface area contributed by atoms with Gasteiger partial charge in [-0.25, -0.2) is 21.2 Å². The van der Waals surface area contributed by atoms with Crippen LogP contribution >= 0.6 is 0 Å². The van der Waals surface area contributed by atoms with Gasteiger partial charge in [0, 0.05) is 12.1 Å². The molecule has 3 unspecified atom stereocenters. The Morgan fingerprint density at radius 2 is 2.00 bits per heavy atom. The lowest BCUT2D eigenvalue weighted by Crippen LogP contribution is -2.46. The number of benzene rings is 1. The van der Waals surface area contributed by atoms with Crippen LogP contribution in [0.4, 0.5) is 4.39 Å². The number of halogens is 1. The molecule has 130 valence electrons. The molecule has 0 aromatic heterocycles. The Hall–Kier alpha value is -0.990. The average molecular weight is 363 g/mol. The van der Waals surface area contributed by atoms with Gasteiger partial charge < -0.3 is 5.32 Å². The molecule has 0 saturated carbocycles. The van der Waals surface area contributed by atoms with Gasteiger partial charge in [0.2, 0.25) is 0 Å². The number of sulfone groups is 2. The molecule has 0 spiro atoms. The Morgan fingerprint density at radius 1 is 1.35 bits per heavy atom. The molecule has 1 aromatic rings. The van der Waals surface area contributed by atoms with Gasteiger partial charge in [-0.3, -0.25) is 0 Å². The van der Waals surface area contributed by atoms with Crippen molar-refractivity contribution >= 4 is 19.7 Å². The van der Waals surface area contributed by atoms with Crippen LogP contribution in [-0.2, 0) is 19.7 Å². The molecule has 1 heterocycles. The van der Waals surface area contributed by atoms with E-state index < -0.39 is 42.5 Å². The quantitative estimate of drug-likeness (QED) is 0.801. The van der Waals surface area contributed by atoms with Crippen LogP contribution in [0.1, 0.15) is 25.8 Å². The molecule has 1 fully saturated rings. The number of nitrogens with one attached hydrogen (secondary N) is 1. The van der Waals surface area contributed by atoms with Crippen molar-refractivity contribution in [3.05, 3.63) is 29.6 Å². The molecule has 1 aliphatic rings. The third-order valence-corrected chi connectivity index (χ3v) is 8.42. The van der Waals surface area contributed by atoms with Gasteiger partial charge in [-0.2, -0.15) is 0 Å². The van der Waals surface area contributed by atoms with Crippen LogP contribution in [0.3, 0.4) is 0 Å². The minimum atomic E-state index is -3.86. The van der Waals surface area contributed by atoms with Gasteiger partial charge in [0.1, 0.15) is 5.82 Å². The lowest BCUT2D eigenvalue weighted by Gasteiger charge is -2.23. The van der Waals surface area contributed by atoms with Crippen molar-refractivity contribution in [1.29, 1.82) is 0 Å². The summed E-state index contributed by atoms with van der Waals surface area (Å²) in [7, 11) is -7.28. The first-order valence-corrected chi connectivity index (χ1v) is 10.9. The maximum Gasteiger partial charge on any atom is 0.183 e. The zero-order valence-corrected chi connectivity index (χ0v) is 15.0. The highest BCUT2D eigenvalue weighted by atomic mass is 32.2. The van der Waals surface area contributed by atoms with Crippen molar-refractivity contribution in [3.63, 3.8) is 0 Å². The average Bonchev–Trinajstić information content (AvgIpc) is 2.77. The maximum atomic E-state index is 13.4. The van der Waals surface area contributed by atoms with Crippen molar-refractivity contribution in [3.8, 4) is 0 Å². The van der Waals surface area contributed by atoms with Crippen molar-refractivity contribution in [2.45, 2.75) is 49.4 Å². The molecule has 0 bridgehead atoms. The summed E-state index contributed by atoms with van der Waals surface area (Å²) in [6, 6.07) is 2.92. The summed E-state index contributed by atoms with van der Waals surface area (Å²) >= 11 is 0. The molecule has 5 nitrogen and oxygen atoms in total. The molecule has 3 atom stereocenters. The Bertz CT molecular complexity index is 790. The second-order valence-corrected chi connectivity index (χ2v) is 10.5. The van der Waals surface area contributed by atoms with Crippen molar-refractivity contribution in [2.24, 2.45) is 0 Å². The lowest BCUT2D eigenvalue weighted by atomic mass is 10.2. The van der Waals surface area contributed by atoms with Gasteiger partial charge in [-0.05, 0) is 44.0 Å². The van der Waals surface area contributed by atoms with E-state index >= 15 is 0 Å². The van der Waals surface area contributed by atoms with Crippen molar-refractivity contribution in [2.75, 3.05) is 11.5 Å². The molecule has 1 saturated heterocycles. The fourth-order valence-corrected chi connectivity index (χ4v) is 7.49. The van der Waals surface area contributed by atoms with E-state index in [0.29, 0.717) is 0 Å². The molecule has 0 aliphatic carbocycles. The second-order valence-electron chi connectivity index (χ2n) is 6.15. The monoisotopic (exact) mass is 363 g/mol. The van der Waals surface area contributed by atoms with Gasteiger partial charge in [0.15, 0.2) is 19.7 Å². The third kappa shape index (κ3) is 3.92. The second kappa shape index (κ2) is 6.49. The summed E-state index contributed by atoms with van der Waals surface area (Å²) in [6.45, 7) is 5.30. The van der Waals surface area contributed by atoms with E-state index in [1.165, 1.54) is 19.1 Å². The third-order valence-electron chi connectivity index (χ3n) is 4.27. The zero-order valence-electron chi connectivity index (χ0n) is 13.4. The summed E-state index contributed by atoms with van der Waals surface area (Å²) in [6.07, 6.45) is 0.763. The maximum absolute atomic E-state index is 13.4. The molecular weight excluding hydrogens is 341 g/mol. The Kier molecular flexibility index (Phi) is 5.18. The molecular formula is C15H22FNO4S2. The van der Waals surface area contributed by atoms with E-state index in [1.54, 1.807) is 0 Å². The molecule has 0 amide bonds. The number of hydrogen-bond donors (Lipinski definition) is 1. The fraction of sp³-hybridized carbons (Fsp3) is 0.600. The largest absolute Gasteiger partial charge is 0.309 e. The van der Waals surface area contributed by atoms with Gasteiger partial charge >= 0.3 is 0 Å². The molecule has 0 radical (unpaired) electrons. The normalized spacial score (nSPS) is 25.4. The first kappa shape index (κ1) is 18.4. The summed E-state index contributed by atoms with van der Waals surface area (Å²) in [5, 5.41) is 2.05. The first-order chi connectivity index (χ1) is 10.6. The highest BCUT2D eigenvalue weighted by Crippen LogP contribution is 2.27. The Labute approximate surface area is 137 Å². The van der Waals surface area contributed by atoms with Crippen LogP contribution in [0.2, 0.25) is 0 Å². The van der Waals surface area contributed by atoms with Gasteiger partial charge in [-0.1, -0.05) is 6.92 Å². The van der Waals surface area contributed by atoms with Crippen molar-refractivity contribution in [1.82, 2.24) is 5.32 Å². The summed E-state index contributed by atoms with van der Waals surface area (Å²) in [5.41, 5.74) is 0.221. The van der Waals surface area contributed by atoms with E-state index in [0.717, 1.165) is 12.5 Å². The van der Waals surface area contributed by atoms with E-state index in [2.05, 4.69) is 5.32 Å². The van der Waals surface area contributed by atoms with Crippen LogP contribution in [-0.4, -0.2) is 45.7 Å². The molecule has 23 heavy (non-hydrogen) atoms. The number of hydrogen-bond acceptors (Lipinski definition) is 5. The minimum absolute atomic E-state index is 0.0148. The summed E-state index contributed by atoms with van der Waals surface area (Å²) in [5.74, 6) is -1.08. The zero-order chi connectivity index (χ0) is 17.4. The molecule has 1 aliphatic heterocycles. The number of rotatable bonds is 5. The predicted octanol–water partition coefficient (Wildman–Crippen LogP) is 1.46. The van der Waals surface area contributed by atoms with Gasteiger partial charge in [0.25, 0.3) is 0 Å². The summed E-state index contributed by atoms with van der Waals surface area (Å²) < 4.78 is 63.0. The van der Waals surface area contributed by atoms with Crippen LogP contribution < -0.4 is 5.32 Å². The molecule has 1 N–H and O–H groups in total. The van der Waals surface area contributed by atoms with E-state index in [1.807, 2.05) is 13.8 Å². The lowest BCUT2D eigenvalue weighted by molar-refractivity contribution is 0.456. The topological polar surface area (TPSA) is 80.3 Å². The van der Waals surface area contributed by atoms with Gasteiger partial charge in [-0.15, -0.1) is 0 Å². The van der Waals surface area contributed by atoms with E-state index in [-0.39, 0.29) is 22.3 Å². The highest BCUT2D eigenvalue weighted by Gasteiger charge is 2.46. The smallest absolute Gasteiger partial charge is 0.183 e. The molecule has 2 rings (SSSR count). The fourth-order valence-electron chi connectivity index (χ4n) is 2.73. The van der Waals surface area contributed by atoms with Crippen LogP contribution in [0, 0.1) is 12.7 Å². The highest BCUT2D eigenvalue weighted by molar-refractivity contribution is 7.96. The van der Waals surface area contributed by atoms with Crippen LogP contribution in [0.5, 0.6) is 0 Å². The standard InChI is InChI=1S/C15H22FNO4S2/c1-4-11(3)17-14-8-22(18,19)9-15(14)23(20,21)12-5-6-13(16)10(2)7-12/h5-7,11,14-15,17H,4,8-9H2,1-3H3. The minimum Gasteiger partial charge on any atom is -0.309 e. The number of aryl methyl sites for hydroxylation is 1. The van der Waals surface area contributed by atoms with E-state index in [9.17, 15) is 21.2 Å². The summed E-state index contributed by atoms with van der Waals surface area (Å²) in [4.78, 5) is -0.0329. The van der Waals surface area contributed by atoms with Crippen LogP contribution in [0.25, 0.3) is 0 Å². The SMILES string of the molecule is CCC(C)NC1CS(=O)(=O)CC1S(=O)(=O)c1ccc(F)c(C)c1. The van der Waals surface area contributed by atoms with E-state index in [4.69, 9.17) is 0 Å². The Balaban J connectivity index is 2.40. The molecule has 8 heteroatoms. The Morgan fingerprint density at radius 3 is 2.57 bits per heavy atom. The predicted molar refractivity (Wildman–Crippen MR) is 87.4 cm³/mol. The first-order valence-electron chi connectivity index (χ1n) is 7.53. The van der Waals surface area contributed by atoms with Crippen molar-refractivity contribution < 1.29 is 21.2 Å². The molecule has 1 aromatic carbocycles. The van der Waals surface area contributed by atoms with Crippen LogP contribution in [0.15, 0.2) is 23.1 Å². The van der Waals surface area contributed by atoms with Gasteiger partial charge in [0.05, 0.1) is 21.7 Å².